The van der Waals surface area contributed by atoms with Crippen LogP contribution in [0.2, 0.25) is 0 Å². The molecular formula is C21H21FN8O3. The minimum atomic E-state index is -0.466. The minimum absolute atomic E-state index is 0.0156. The summed E-state index contributed by atoms with van der Waals surface area (Å²) in [5.74, 6) is 0.568. The quantitative estimate of drug-likeness (QED) is 0.315. The molecule has 1 saturated heterocycles. The number of non-ortho nitro benzene ring substituents is 1. The van der Waals surface area contributed by atoms with Crippen LogP contribution in [0.4, 0.5) is 33.6 Å². The minimum Gasteiger partial charge on any atom is -0.378 e. The van der Waals surface area contributed by atoms with Crippen molar-refractivity contribution in [2.45, 2.75) is 6.92 Å². The SMILES string of the molecule is C/C(=N\Nc1nc(Nc2ccc([N+](=O)[O-])cc2)nc(N2CCOCC2)n1)c1ccc(F)cc1. The molecule has 0 atom stereocenters. The van der Waals surface area contributed by atoms with E-state index >= 15 is 0 Å². The zero-order valence-corrected chi connectivity index (χ0v) is 17.7. The second kappa shape index (κ2) is 9.96. The van der Waals surface area contributed by atoms with Crippen LogP contribution in [0.15, 0.2) is 53.6 Å². The smallest absolute Gasteiger partial charge is 0.269 e. The van der Waals surface area contributed by atoms with Crippen LogP contribution in [0, 0.1) is 15.9 Å². The molecular weight excluding hydrogens is 431 g/mol. The maximum Gasteiger partial charge on any atom is 0.269 e. The standard InChI is InChI=1S/C21H21FN8O3/c1-14(15-2-4-16(22)5-3-15)27-28-20-24-19(23-17-6-8-18(9-7-17)30(31)32)25-21(26-20)29-10-12-33-13-11-29/h2-9H,10-13H2,1H3,(H2,23,24,25,26,28)/b27-14+. The van der Waals surface area contributed by atoms with E-state index < -0.39 is 4.92 Å². The zero-order valence-electron chi connectivity index (χ0n) is 17.7. The summed E-state index contributed by atoms with van der Waals surface area (Å²) in [5, 5.41) is 18.2. The molecule has 0 spiro atoms. The Morgan fingerprint density at radius 2 is 1.73 bits per heavy atom. The predicted octanol–water partition coefficient (Wildman–Crippen LogP) is 3.34. The molecule has 3 aromatic rings. The molecule has 33 heavy (non-hydrogen) atoms. The van der Waals surface area contributed by atoms with E-state index in [0.717, 1.165) is 5.56 Å². The van der Waals surface area contributed by atoms with Gasteiger partial charge in [-0.25, -0.2) is 9.82 Å². The number of aromatic nitrogens is 3. The number of hydrazone groups is 1. The van der Waals surface area contributed by atoms with Gasteiger partial charge in [-0.1, -0.05) is 12.1 Å². The molecule has 11 nitrogen and oxygen atoms in total. The lowest BCUT2D eigenvalue weighted by molar-refractivity contribution is -0.384. The Labute approximate surface area is 188 Å². The lowest BCUT2D eigenvalue weighted by Gasteiger charge is -2.27. The van der Waals surface area contributed by atoms with Crippen molar-refractivity contribution in [2.75, 3.05) is 41.9 Å². The Balaban J connectivity index is 1.59. The Bertz CT molecular complexity index is 1150. The van der Waals surface area contributed by atoms with E-state index in [0.29, 0.717) is 43.7 Å². The highest BCUT2D eigenvalue weighted by Crippen LogP contribution is 2.21. The van der Waals surface area contributed by atoms with Gasteiger partial charge < -0.3 is 15.0 Å². The summed E-state index contributed by atoms with van der Waals surface area (Å²) in [4.78, 5) is 25.7. The largest absolute Gasteiger partial charge is 0.378 e. The van der Waals surface area contributed by atoms with Gasteiger partial charge in [0.2, 0.25) is 17.8 Å². The molecule has 12 heteroatoms. The van der Waals surface area contributed by atoms with Gasteiger partial charge >= 0.3 is 0 Å². The third kappa shape index (κ3) is 5.74. The van der Waals surface area contributed by atoms with Crippen molar-refractivity contribution in [3.63, 3.8) is 0 Å². The van der Waals surface area contributed by atoms with Gasteiger partial charge in [0.1, 0.15) is 5.82 Å². The van der Waals surface area contributed by atoms with Gasteiger partial charge in [0, 0.05) is 30.9 Å². The summed E-state index contributed by atoms with van der Waals surface area (Å²) in [6.07, 6.45) is 0. The van der Waals surface area contributed by atoms with Gasteiger partial charge in [-0.15, -0.1) is 0 Å². The molecule has 2 N–H and O–H groups in total. The van der Waals surface area contributed by atoms with Gasteiger partial charge in [-0.2, -0.15) is 20.1 Å². The predicted molar refractivity (Wildman–Crippen MR) is 121 cm³/mol. The van der Waals surface area contributed by atoms with Crippen molar-refractivity contribution >= 4 is 34.9 Å². The lowest BCUT2D eigenvalue weighted by atomic mass is 10.1. The van der Waals surface area contributed by atoms with Gasteiger partial charge in [0.15, 0.2) is 0 Å². The molecule has 1 fully saturated rings. The van der Waals surface area contributed by atoms with Gasteiger partial charge in [-0.3, -0.25) is 10.1 Å². The van der Waals surface area contributed by atoms with E-state index in [1.54, 1.807) is 31.2 Å². The first kappa shape index (κ1) is 22.0. The van der Waals surface area contributed by atoms with Crippen LogP contribution in [0.25, 0.3) is 0 Å². The number of nitro benzene ring substituents is 1. The number of anilines is 4. The van der Waals surface area contributed by atoms with Crippen molar-refractivity contribution in [3.8, 4) is 0 Å². The number of hydrogen-bond acceptors (Lipinski definition) is 10. The van der Waals surface area contributed by atoms with E-state index in [-0.39, 0.29) is 23.4 Å². The molecule has 1 aliphatic rings. The molecule has 4 rings (SSSR count). The maximum absolute atomic E-state index is 13.2. The Morgan fingerprint density at radius 3 is 2.39 bits per heavy atom. The molecule has 2 heterocycles. The van der Waals surface area contributed by atoms with Crippen molar-refractivity contribution in [1.82, 2.24) is 15.0 Å². The first-order valence-corrected chi connectivity index (χ1v) is 10.1. The Kier molecular flexibility index (Phi) is 6.64. The number of ether oxygens (including phenoxy) is 1. The van der Waals surface area contributed by atoms with E-state index in [4.69, 9.17) is 4.74 Å². The van der Waals surface area contributed by atoms with E-state index in [9.17, 15) is 14.5 Å². The Morgan fingerprint density at radius 1 is 1.06 bits per heavy atom. The fourth-order valence-electron chi connectivity index (χ4n) is 3.06. The lowest BCUT2D eigenvalue weighted by Crippen LogP contribution is -2.37. The molecule has 0 saturated carbocycles. The van der Waals surface area contributed by atoms with Crippen molar-refractivity contribution in [1.29, 1.82) is 0 Å². The van der Waals surface area contributed by atoms with E-state index in [1.807, 2.05) is 4.90 Å². The second-order valence-electron chi connectivity index (χ2n) is 7.13. The summed E-state index contributed by atoms with van der Waals surface area (Å²) < 4.78 is 18.6. The van der Waals surface area contributed by atoms with Crippen LogP contribution in [0.1, 0.15) is 12.5 Å². The van der Waals surface area contributed by atoms with Crippen molar-refractivity contribution < 1.29 is 14.1 Å². The highest BCUT2D eigenvalue weighted by Gasteiger charge is 2.17. The molecule has 2 aromatic carbocycles. The molecule has 1 aliphatic heterocycles. The number of nitrogens with one attached hydrogen (secondary N) is 2. The third-order valence-electron chi connectivity index (χ3n) is 4.84. The second-order valence-corrected chi connectivity index (χ2v) is 7.13. The van der Waals surface area contributed by atoms with Gasteiger partial charge in [0.05, 0.1) is 23.8 Å². The van der Waals surface area contributed by atoms with Crippen LogP contribution >= 0.6 is 0 Å². The summed E-state index contributed by atoms with van der Waals surface area (Å²) >= 11 is 0. The molecule has 0 amide bonds. The number of morpholine rings is 1. The number of benzene rings is 2. The highest BCUT2D eigenvalue weighted by molar-refractivity contribution is 5.98. The Hall–Kier alpha value is -4.19. The first-order valence-electron chi connectivity index (χ1n) is 10.1. The highest BCUT2D eigenvalue weighted by atomic mass is 19.1. The number of nitro groups is 1. The number of halogens is 1. The van der Waals surface area contributed by atoms with E-state index in [2.05, 4.69) is 30.8 Å². The normalized spacial score (nSPS) is 14.1. The molecule has 0 bridgehead atoms. The van der Waals surface area contributed by atoms with Crippen LogP contribution in [-0.4, -0.2) is 51.9 Å². The summed E-state index contributed by atoms with van der Waals surface area (Å²) in [7, 11) is 0. The molecule has 170 valence electrons. The number of rotatable bonds is 7. The van der Waals surface area contributed by atoms with Crippen LogP contribution in [0.3, 0.4) is 0 Å². The average Bonchev–Trinajstić information content (AvgIpc) is 2.84. The first-order chi connectivity index (χ1) is 16.0. The van der Waals surface area contributed by atoms with Crippen LogP contribution in [0.5, 0.6) is 0 Å². The third-order valence-corrected chi connectivity index (χ3v) is 4.84. The summed E-state index contributed by atoms with van der Waals surface area (Å²) in [6, 6.07) is 11.9. The average molecular weight is 452 g/mol. The fraction of sp³-hybridized carbons (Fsp3) is 0.238. The van der Waals surface area contributed by atoms with Crippen molar-refractivity contribution in [2.24, 2.45) is 5.10 Å². The van der Waals surface area contributed by atoms with Crippen LogP contribution in [-0.2, 0) is 4.74 Å². The molecule has 1 aromatic heterocycles. The summed E-state index contributed by atoms with van der Waals surface area (Å²) in [6.45, 7) is 4.14. The monoisotopic (exact) mass is 452 g/mol. The zero-order chi connectivity index (χ0) is 23.2. The molecule has 0 unspecified atom stereocenters. The van der Waals surface area contributed by atoms with Crippen LogP contribution < -0.4 is 15.6 Å². The maximum atomic E-state index is 13.2. The number of hydrogen-bond donors (Lipinski definition) is 2. The molecule has 0 aliphatic carbocycles. The fourth-order valence-corrected chi connectivity index (χ4v) is 3.06. The summed E-state index contributed by atoms with van der Waals surface area (Å²) in [5.41, 5.74) is 4.76. The van der Waals surface area contributed by atoms with Crippen molar-refractivity contribution in [3.05, 3.63) is 70.0 Å². The number of nitrogens with zero attached hydrogens (tertiary/aromatic N) is 6. The topological polar surface area (TPSA) is 131 Å². The van der Waals surface area contributed by atoms with Gasteiger partial charge in [0.25, 0.3) is 5.69 Å². The van der Waals surface area contributed by atoms with E-state index in [1.165, 1.54) is 24.3 Å². The molecule has 0 radical (unpaired) electrons. The van der Waals surface area contributed by atoms with Gasteiger partial charge in [-0.05, 0) is 36.8 Å².